The average molecular weight is 276 g/mol. The highest BCUT2D eigenvalue weighted by molar-refractivity contribution is 9.10. The monoisotopic (exact) mass is 275 g/mol. The van der Waals surface area contributed by atoms with Crippen molar-refractivity contribution in [1.29, 1.82) is 0 Å². The summed E-state index contributed by atoms with van der Waals surface area (Å²) in [5.41, 5.74) is 6.68. The highest BCUT2D eigenvalue weighted by Gasteiger charge is 2.09. The minimum absolute atomic E-state index is 0.173. The molecule has 1 aromatic rings. The molecule has 0 aliphatic heterocycles. The first-order valence-electron chi connectivity index (χ1n) is 4.84. The smallest absolute Gasteiger partial charge is 0.131 e. The second-order valence-corrected chi connectivity index (χ2v) is 4.28. The fourth-order valence-electron chi connectivity index (χ4n) is 1.44. The van der Waals surface area contributed by atoms with Crippen LogP contribution in [0.5, 0.6) is 0 Å². The second-order valence-electron chi connectivity index (χ2n) is 3.36. The van der Waals surface area contributed by atoms with Crippen LogP contribution in [0, 0.1) is 5.82 Å². The fourth-order valence-corrected chi connectivity index (χ4v) is 2.00. The van der Waals surface area contributed by atoms with Crippen molar-refractivity contribution in [2.45, 2.75) is 19.4 Å². The third-order valence-corrected chi connectivity index (χ3v) is 2.60. The molecule has 0 atom stereocenters. The van der Waals surface area contributed by atoms with Crippen molar-refractivity contribution in [1.82, 2.24) is 0 Å². The molecule has 0 aliphatic rings. The molecule has 4 heteroatoms. The van der Waals surface area contributed by atoms with Gasteiger partial charge >= 0.3 is 0 Å². The van der Waals surface area contributed by atoms with Crippen LogP contribution in [0.4, 0.5) is 4.39 Å². The lowest BCUT2D eigenvalue weighted by Crippen LogP contribution is -2.04. The summed E-state index contributed by atoms with van der Waals surface area (Å²) in [6.45, 7) is 0.868. The zero-order valence-corrected chi connectivity index (χ0v) is 10.3. The Bertz CT molecular complexity index is 331. The Kier molecular flexibility index (Phi) is 5.22. The molecule has 0 saturated heterocycles. The molecule has 1 aromatic carbocycles. The Morgan fingerprint density at radius 1 is 1.40 bits per heavy atom. The Morgan fingerprint density at radius 2 is 2.07 bits per heavy atom. The van der Waals surface area contributed by atoms with Crippen molar-refractivity contribution < 1.29 is 9.13 Å². The number of ether oxygens (including phenoxy) is 1. The molecule has 0 aromatic heterocycles. The number of hydrogen-bond acceptors (Lipinski definition) is 2. The molecule has 0 radical (unpaired) electrons. The van der Waals surface area contributed by atoms with Gasteiger partial charge in [-0.25, -0.2) is 4.39 Å². The van der Waals surface area contributed by atoms with Crippen LogP contribution < -0.4 is 5.73 Å². The molecule has 0 saturated carbocycles. The largest absolute Gasteiger partial charge is 0.380 e. The Balaban J connectivity index is 2.93. The fraction of sp³-hybridized carbons (Fsp3) is 0.455. The van der Waals surface area contributed by atoms with Crippen LogP contribution in [0.2, 0.25) is 0 Å². The van der Waals surface area contributed by atoms with Gasteiger partial charge < -0.3 is 10.5 Å². The van der Waals surface area contributed by atoms with Gasteiger partial charge in [0.1, 0.15) is 5.82 Å². The molecular formula is C11H15BrFNO. The van der Waals surface area contributed by atoms with E-state index in [1.54, 1.807) is 19.2 Å². The van der Waals surface area contributed by atoms with Gasteiger partial charge in [-0.15, -0.1) is 0 Å². The van der Waals surface area contributed by atoms with Crippen LogP contribution in [0.25, 0.3) is 0 Å². The SMILES string of the molecule is COCc1cc(Br)cc(CCCN)c1F. The van der Waals surface area contributed by atoms with Gasteiger partial charge in [0.15, 0.2) is 0 Å². The molecule has 0 spiro atoms. The van der Waals surface area contributed by atoms with Gasteiger partial charge in [-0.3, -0.25) is 0 Å². The lowest BCUT2D eigenvalue weighted by molar-refractivity contribution is 0.181. The molecule has 0 fully saturated rings. The van der Waals surface area contributed by atoms with E-state index in [0.717, 1.165) is 10.9 Å². The number of benzene rings is 1. The summed E-state index contributed by atoms with van der Waals surface area (Å²) in [6.07, 6.45) is 1.46. The van der Waals surface area contributed by atoms with E-state index >= 15 is 0 Å². The molecule has 0 bridgehead atoms. The number of methoxy groups -OCH3 is 1. The predicted octanol–water partition coefficient (Wildman–Crippen LogP) is 2.63. The predicted molar refractivity (Wildman–Crippen MR) is 62.2 cm³/mol. The van der Waals surface area contributed by atoms with Gasteiger partial charge in [-0.1, -0.05) is 15.9 Å². The minimum atomic E-state index is -0.173. The van der Waals surface area contributed by atoms with Crippen LogP contribution in [0.1, 0.15) is 17.5 Å². The molecule has 84 valence electrons. The number of aryl methyl sites for hydroxylation is 1. The maximum absolute atomic E-state index is 13.8. The van der Waals surface area contributed by atoms with Crippen LogP contribution >= 0.6 is 15.9 Å². The zero-order chi connectivity index (χ0) is 11.3. The van der Waals surface area contributed by atoms with Crippen molar-refractivity contribution >= 4 is 15.9 Å². The third kappa shape index (κ3) is 3.55. The first-order chi connectivity index (χ1) is 7.19. The van der Waals surface area contributed by atoms with Crippen LogP contribution in [-0.2, 0) is 17.8 Å². The summed E-state index contributed by atoms with van der Waals surface area (Å²) in [6, 6.07) is 3.54. The van der Waals surface area contributed by atoms with Gasteiger partial charge in [-0.2, -0.15) is 0 Å². The van der Waals surface area contributed by atoms with E-state index < -0.39 is 0 Å². The van der Waals surface area contributed by atoms with Crippen molar-refractivity contribution in [3.05, 3.63) is 33.5 Å². The van der Waals surface area contributed by atoms with E-state index in [1.165, 1.54) is 0 Å². The standard InChI is InChI=1S/C11H15BrFNO/c1-15-7-9-6-10(12)5-8(11(9)13)3-2-4-14/h5-6H,2-4,7,14H2,1H3. The van der Waals surface area contributed by atoms with Crippen LogP contribution in [0.15, 0.2) is 16.6 Å². The van der Waals surface area contributed by atoms with E-state index in [2.05, 4.69) is 15.9 Å². The summed E-state index contributed by atoms with van der Waals surface area (Å²) < 4.78 is 19.6. The Labute approximate surface area is 97.7 Å². The molecule has 15 heavy (non-hydrogen) atoms. The quantitative estimate of drug-likeness (QED) is 0.897. The maximum atomic E-state index is 13.8. The van der Waals surface area contributed by atoms with Crippen LogP contribution in [-0.4, -0.2) is 13.7 Å². The summed E-state index contributed by atoms with van der Waals surface area (Å²) in [5.74, 6) is -0.173. The van der Waals surface area contributed by atoms with E-state index in [1.807, 2.05) is 0 Å². The number of rotatable bonds is 5. The van der Waals surface area contributed by atoms with E-state index in [0.29, 0.717) is 30.7 Å². The van der Waals surface area contributed by atoms with Gasteiger partial charge in [-0.05, 0) is 37.1 Å². The Hall–Kier alpha value is -0.450. The molecule has 0 unspecified atom stereocenters. The summed E-state index contributed by atoms with van der Waals surface area (Å²) in [5, 5.41) is 0. The summed E-state index contributed by atoms with van der Waals surface area (Å²) in [7, 11) is 1.56. The van der Waals surface area contributed by atoms with Crippen molar-refractivity contribution in [3.8, 4) is 0 Å². The lowest BCUT2D eigenvalue weighted by Gasteiger charge is -2.08. The van der Waals surface area contributed by atoms with Crippen molar-refractivity contribution in [2.24, 2.45) is 5.73 Å². The van der Waals surface area contributed by atoms with E-state index in [4.69, 9.17) is 10.5 Å². The van der Waals surface area contributed by atoms with E-state index in [9.17, 15) is 4.39 Å². The number of halogens is 2. The summed E-state index contributed by atoms with van der Waals surface area (Å²) in [4.78, 5) is 0. The number of nitrogens with two attached hydrogens (primary N) is 1. The highest BCUT2D eigenvalue weighted by atomic mass is 79.9. The molecule has 2 N–H and O–H groups in total. The third-order valence-electron chi connectivity index (χ3n) is 2.14. The molecule has 0 amide bonds. The molecule has 0 heterocycles. The number of hydrogen-bond donors (Lipinski definition) is 1. The van der Waals surface area contributed by atoms with E-state index in [-0.39, 0.29) is 5.82 Å². The minimum Gasteiger partial charge on any atom is -0.380 e. The van der Waals surface area contributed by atoms with Crippen LogP contribution in [0.3, 0.4) is 0 Å². The van der Waals surface area contributed by atoms with Gasteiger partial charge in [0.05, 0.1) is 6.61 Å². The van der Waals surface area contributed by atoms with Gasteiger partial charge in [0.2, 0.25) is 0 Å². The second kappa shape index (κ2) is 6.20. The molecule has 1 rings (SSSR count). The highest BCUT2D eigenvalue weighted by Crippen LogP contribution is 2.22. The zero-order valence-electron chi connectivity index (χ0n) is 8.72. The molecule has 2 nitrogen and oxygen atoms in total. The lowest BCUT2D eigenvalue weighted by atomic mass is 10.1. The van der Waals surface area contributed by atoms with Gasteiger partial charge in [0, 0.05) is 17.1 Å². The molecular weight excluding hydrogens is 261 g/mol. The molecule has 0 aliphatic carbocycles. The van der Waals surface area contributed by atoms with Crippen molar-refractivity contribution in [2.75, 3.05) is 13.7 Å². The first kappa shape index (κ1) is 12.6. The normalized spacial score (nSPS) is 10.7. The summed E-state index contributed by atoms with van der Waals surface area (Å²) >= 11 is 3.36. The van der Waals surface area contributed by atoms with Crippen molar-refractivity contribution in [3.63, 3.8) is 0 Å². The first-order valence-corrected chi connectivity index (χ1v) is 5.64. The van der Waals surface area contributed by atoms with Gasteiger partial charge in [0.25, 0.3) is 0 Å². The topological polar surface area (TPSA) is 35.2 Å². The Morgan fingerprint density at radius 3 is 2.67 bits per heavy atom. The average Bonchev–Trinajstić information content (AvgIpc) is 2.21. The maximum Gasteiger partial charge on any atom is 0.131 e.